The van der Waals surface area contributed by atoms with Crippen LogP contribution in [0.2, 0.25) is 0 Å². The molecule has 0 saturated heterocycles. The molecule has 0 bridgehead atoms. The Balaban J connectivity index is 1.91. The molecule has 118 valence electrons. The van der Waals surface area contributed by atoms with E-state index in [0.29, 0.717) is 11.1 Å². The van der Waals surface area contributed by atoms with Crippen LogP contribution < -0.4 is 0 Å². The van der Waals surface area contributed by atoms with Gasteiger partial charge in [0.25, 0.3) is 0 Å². The maximum Gasteiger partial charge on any atom is 0.337 e. The number of carbonyl (C=O) groups excluding carboxylic acids is 2. The van der Waals surface area contributed by atoms with Gasteiger partial charge in [-0.05, 0) is 29.8 Å². The van der Waals surface area contributed by atoms with E-state index in [0.717, 1.165) is 5.56 Å². The number of hydrogen-bond acceptors (Lipinski definition) is 4. The third-order valence-electron chi connectivity index (χ3n) is 3.07. The molecule has 0 saturated carbocycles. The van der Waals surface area contributed by atoms with Gasteiger partial charge in [-0.3, -0.25) is 0 Å². The lowest BCUT2D eigenvalue weighted by Crippen LogP contribution is -2.02. The molecule has 0 atom stereocenters. The monoisotopic (exact) mass is 314 g/mol. The largest absolute Gasteiger partial charge is 0.465 e. The van der Waals surface area contributed by atoms with E-state index >= 15 is 0 Å². The standard InChI is InChI=1S/C18H15FO4/c1-22-18(21)14-9-6-13(7-10-14)8-11-17(20)23-12-15-4-2-3-5-16(15)19/h2-11H,12H2,1H3/b11-8+. The zero-order valence-electron chi connectivity index (χ0n) is 12.5. The Morgan fingerprint density at radius 1 is 1.09 bits per heavy atom. The molecule has 0 spiro atoms. The minimum absolute atomic E-state index is 0.128. The molecule has 0 amide bonds. The Bertz CT molecular complexity index is 720. The third kappa shape index (κ3) is 4.78. The molecule has 2 aromatic carbocycles. The van der Waals surface area contributed by atoms with Gasteiger partial charge in [-0.2, -0.15) is 0 Å². The quantitative estimate of drug-likeness (QED) is 0.627. The summed E-state index contributed by atoms with van der Waals surface area (Å²) in [4.78, 5) is 22.9. The zero-order chi connectivity index (χ0) is 16.7. The summed E-state index contributed by atoms with van der Waals surface area (Å²) in [5, 5.41) is 0. The van der Waals surface area contributed by atoms with Gasteiger partial charge in [0, 0.05) is 11.6 Å². The highest BCUT2D eigenvalue weighted by atomic mass is 19.1. The van der Waals surface area contributed by atoms with E-state index in [9.17, 15) is 14.0 Å². The van der Waals surface area contributed by atoms with Crippen LogP contribution in [0, 0.1) is 5.82 Å². The van der Waals surface area contributed by atoms with E-state index in [-0.39, 0.29) is 6.61 Å². The van der Waals surface area contributed by atoms with Gasteiger partial charge in [0.1, 0.15) is 12.4 Å². The first kappa shape index (κ1) is 16.4. The molecule has 0 aliphatic heterocycles. The summed E-state index contributed by atoms with van der Waals surface area (Å²) in [7, 11) is 1.31. The molecule has 0 fully saturated rings. The molecule has 4 nitrogen and oxygen atoms in total. The summed E-state index contributed by atoms with van der Waals surface area (Å²) in [6, 6.07) is 12.6. The van der Waals surface area contributed by atoms with E-state index in [1.54, 1.807) is 48.5 Å². The molecule has 0 N–H and O–H groups in total. The van der Waals surface area contributed by atoms with Crippen LogP contribution in [0.3, 0.4) is 0 Å². The highest BCUT2D eigenvalue weighted by Crippen LogP contribution is 2.09. The van der Waals surface area contributed by atoms with E-state index < -0.39 is 17.8 Å². The van der Waals surface area contributed by atoms with E-state index in [1.165, 1.54) is 19.3 Å². The summed E-state index contributed by atoms with van der Waals surface area (Å²) >= 11 is 0. The third-order valence-corrected chi connectivity index (χ3v) is 3.07. The number of hydrogen-bond donors (Lipinski definition) is 0. The van der Waals surface area contributed by atoms with E-state index in [2.05, 4.69) is 4.74 Å². The molecule has 0 heterocycles. The normalized spacial score (nSPS) is 10.5. The van der Waals surface area contributed by atoms with Crippen molar-refractivity contribution in [2.45, 2.75) is 6.61 Å². The average Bonchev–Trinajstić information content (AvgIpc) is 2.59. The number of ether oxygens (including phenoxy) is 2. The van der Waals surface area contributed by atoms with Crippen LogP contribution in [0.15, 0.2) is 54.6 Å². The van der Waals surface area contributed by atoms with E-state index in [1.807, 2.05) is 0 Å². The number of rotatable bonds is 5. The lowest BCUT2D eigenvalue weighted by atomic mass is 10.1. The van der Waals surface area contributed by atoms with Gasteiger partial charge in [0.05, 0.1) is 12.7 Å². The van der Waals surface area contributed by atoms with Crippen LogP contribution in [0.4, 0.5) is 4.39 Å². The fourth-order valence-corrected chi connectivity index (χ4v) is 1.82. The van der Waals surface area contributed by atoms with Crippen molar-refractivity contribution >= 4 is 18.0 Å². The molecule has 0 aliphatic rings. The van der Waals surface area contributed by atoms with Gasteiger partial charge < -0.3 is 9.47 Å². The Kier molecular flexibility index (Phi) is 5.63. The second-order valence-corrected chi connectivity index (χ2v) is 4.65. The number of halogens is 1. The minimum atomic E-state index is -0.578. The maximum absolute atomic E-state index is 13.4. The van der Waals surface area contributed by atoms with Crippen molar-refractivity contribution in [3.05, 3.63) is 77.1 Å². The highest BCUT2D eigenvalue weighted by Gasteiger charge is 2.05. The number of carbonyl (C=O) groups is 2. The summed E-state index contributed by atoms with van der Waals surface area (Å²) in [6.45, 7) is -0.128. The molecule has 0 aliphatic carbocycles. The van der Waals surface area contributed by atoms with Crippen molar-refractivity contribution in [3.8, 4) is 0 Å². The van der Waals surface area contributed by atoms with Crippen LogP contribution in [0.25, 0.3) is 6.08 Å². The summed E-state index contributed by atoms with van der Waals surface area (Å²) in [6.07, 6.45) is 2.79. The zero-order valence-corrected chi connectivity index (χ0v) is 12.5. The number of esters is 2. The Morgan fingerprint density at radius 3 is 2.43 bits per heavy atom. The van der Waals surface area contributed by atoms with Crippen molar-refractivity contribution in [1.82, 2.24) is 0 Å². The Labute approximate surface area is 133 Å². The van der Waals surface area contributed by atoms with Crippen LogP contribution in [0.1, 0.15) is 21.5 Å². The van der Waals surface area contributed by atoms with Crippen molar-refractivity contribution in [2.75, 3.05) is 7.11 Å². The second kappa shape index (κ2) is 7.89. The topological polar surface area (TPSA) is 52.6 Å². The number of benzene rings is 2. The Morgan fingerprint density at radius 2 is 1.78 bits per heavy atom. The summed E-state index contributed by atoms with van der Waals surface area (Å²) < 4.78 is 22.9. The highest BCUT2D eigenvalue weighted by molar-refractivity contribution is 5.90. The van der Waals surface area contributed by atoms with Gasteiger partial charge in [-0.1, -0.05) is 30.3 Å². The van der Waals surface area contributed by atoms with Gasteiger partial charge in [-0.25, -0.2) is 14.0 Å². The van der Waals surface area contributed by atoms with Crippen LogP contribution in [0.5, 0.6) is 0 Å². The predicted molar refractivity (Wildman–Crippen MR) is 83.0 cm³/mol. The SMILES string of the molecule is COC(=O)c1ccc(/C=C/C(=O)OCc2ccccc2F)cc1. The van der Waals surface area contributed by atoms with Crippen molar-refractivity contribution in [3.63, 3.8) is 0 Å². The van der Waals surface area contributed by atoms with Gasteiger partial charge in [0.2, 0.25) is 0 Å². The Hall–Kier alpha value is -2.95. The molecular weight excluding hydrogens is 299 g/mol. The summed E-state index contributed by atoms with van der Waals surface area (Å²) in [5.74, 6) is -1.42. The van der Waals surface area contributed by atoms with E-state index in [4.69, 9.17) is 4.74 Å². The van der Waals surface area contributed by atoms with Gasteiger partial charge in [-0.15, -0.1) is 0 Å². The first-order valence-corrected chi connectivity index (χ1v) is 6.87. The summed E-state index contributed by atoms with van der Waals surface area (Å²) in [5.41, 5.74) is 1.46. The molecule has 2 aromatic rings. The van der Waals surface area contributed by atoms with Crippen LogP contribution in [-0.4, -0.2) is 19.0 Å². The molecule has 0 radical (unpaired) electrons. The van der Waals surface area contributed by atoms with Crippen LogP contribution >= 0.6 is 0 Å². The molecule has 23 heavy (non-hydrogen) atoms. The smallest absolute Gasteiger partial charge is 0.337 e. The maximum atomic E-state index is 13.4. The first-order chi connectivity index (χ1) is 11.1. The number of methoxy groups -OCH3 is 1. The van der Waals surface area contributed by atoms with Crippen molar-refractivity contribution < 1.29 is 23.5 Å². The second-order valence-electron chi connectivity index (χ2n) is 4.65. The molecule has 2 rings (SSSR count). The lowest BCUT2D eigenvalue weighted by molar-refractivity contribution is -0.138. The fourth-order valence-electron chi connectivity index (χ4n) is 1.82. The lowest BCUT2D eigenvalue weighted by Gasteiger charge is -2.03. The van der Waals surface area contributed by atoms with Gasteiger partial charge in [0.15, 0.2) is 0 Å². The minimum Gasteiger partial charge on any atom is -0.465 e. The molecule has 0 aromatic heterocycles. The fraction of sp³-hybridized carbons (Fsp3) is 0.111. The van der Waals surface area contributed by atoms with Gasteiger partial charge >= 0.3 is 11.9 Å². The first-order valence-electron chi connectivity index (χ1n) is 6.87. The molecule has 5 heteroatoms. The van der Waals surface area contributed by atoms with Crippen LogP contribution in [-0.2, 0) is 20.9 Å². The van der Waals surface area contributed by atoms with Crippen molar-refractivity contribution in [2.24, 2.45) is 0 Å². The predicted octanol–water partition coefficient (Wildman–Crippen LogP) is 3.37. The molecule has 0 unspecified atom stereocenters. The van der Waals surface area contributed by atoms with Crippen molar-refractivity contribution in [1.29, 1.82) is 0 Å². The molecular formula is C18H15FO4. The average molecular weight is 314 g/mol.